The van der Waals surface area contributed by atoms with E-state index in [1.54, 1.807) is 0 Å². The zero-order valence-electron chi connectivity index (χ0n) is 16.8. The average Bonchev–Trinajstić information content (AvgIpc) is 3.16. The molecular weight excluding hydrogens is 324 g/mol. The van der Waals surface area contributed by atoms with Crippen molar-refractivity contribution >= 4 is 11.8 Å². The highest BCUT2D eigenvalue weighted by Crippen LogP contribution is 2.29. The largest absolute Gasteiger partial charge is 0.378 e. The first-order valence-corrected chi connectivity index (χ1v) is 12.7. The van der Waals surface area contributed by atoms with Crippen LogP contribution in [0.1, 0.15) is 122 Å². The lowest BCUT2D eigenvalue weighted by molar-refractivity contribution is 0.102. The molecule has 1 aliphatic heterocycles. The maximum atomic E-state index is 5.69. The predicted molar refractivity (Wildman–Crippen MR) is 114 cm³/mol. The normalized spacial score (nSPS) is 21.8. The molecule has 0 aromatic rings. The highest BCUT2D eigenvalue weighted by Gasteiger charge is 2.14. The van der Waals surface area contributed by atoms with E-state index in [0.29, 0.717) is 6.10 Å². The molecule has 1 atom stereocenters. The third-order valence-corrected chi connectivity index (χ3v) is 7.57. The molecule has 0 spiro atoms. The Balaban J connectivity index is 1.22. The van der Waals surface area contributed by atoms with Crippen molar-refractivity contribution in [3.05, 3.63) is 0 Å². The van der Waals surface area contributed by atoms with Gasteiger partial charge < -0.3 is 4.74 Å². The Morgan fingerprint density at radius 3 is 1.80 bits per heavy atom. The summed E-state index contributed by atoms with van der Waals surface area (Å²) >= 11 is 2.28. The maximum Gasteiger partial charge on any atom is 0.0576 e. The van der Waals surface area contributed by atoms with Crippen LogP contribution in [-0.4, -0.2) is 23.7 Å². The summed E-state index contributed by atoms with van der Waals surface area (Å²) in [4.78, 5) is 0. The summed E-state index contributed by atoms with van der Waals surface area (Å²) in [5.74, 6) is 1.43. The van der Waals surface area contributed by atoms with Crippen LogP contribution >= 0.6 is 11.8 Å². The number of hydrogen-bond donors (Lipinski definition) is 0. The van der Waals surface area contributed by atoms with E-state index < -0.39 is 0 Å². The Bertz CT molecular complexity index is 282. The second kappa shape index (κ2) is 15.4. The zero-order valence-corrected chi connectivity index (χ0v) is 17.6. The van der Waals surface area contributed by atoms with Gasteiger partial charge in [-0.1, -0.05) is 83.5 Å². The molecule has 2 heteroatoms. The number of hydrogen-bond acceptors (Lipinski definition) is 2. The topological polar surface area (TPSA) is 9.23 Å². The average molecular weight is 369 g/mol. The molecule has 0 amide bonds. The lowest BCUT2D eigenvalue weighted by atomic mass is 10.0. The summed E-state index contributed by atoms with van der Waals surface area (Å²) in [5, 5.41) is 1.01. The molecule has 1 unspecified atom stereocenters. The molecule has 25 heavy (non-hydrogen) atoms. The first-order valence-electron chi connectivity index (χ1n) is 11.7. The lowest BCUT2D eigenvalue weighted by Gasteiger charge is -2.20. The molecule has 2 fully saturated rings. The van der Waals surface area contributed by atoms with Crippen molar-refractivity contribution in [3.63, 3.8) is 0 Å². The van der Waals surface area contributed by atoms with Crippen LogP contribution in [-0.2, 0) is 4.74 Å². The zero-order chi connectivity index (χ0) is 17.4. The van der Waals surface area contributed by atoms with Gasteiger partial charge in [0.1, 0.15) is 0 Å². The van der Waals surface area contributed by atoms with E-state index in [-0.39, 0.29) is 0 Å². The summed E-state index contributed by atoms with van der Waals surface area (Å²) < 4.78 is 5.69. The summed E-state index contributed by atoms with van der Waals surface area (Å²) in [5.41, 5.74) is 0. The Labute approximate surface area is 162 Å². The van der Waals surface area contributed by atoms with Gasteiger partial charge in [-0.2, -0.15) is 11.8 Å². The fraction of sp³-hybridized carbons (Fsp3) is 1.00. The van der Waals surface area contributed by atoms with E-state index in [9.17, 15) is 0 Å². The van der Waals surface area contributed by atoms with Crippen LogP contribution in [0.25, 0.3) is 0 Å². The lowest BCUT2D eigenvalue weighted by Crippen LogP contribution is -2.08. The number of rotatable bonds is 15. The van der Waals surface area contributed by atoms with Gasteiger partial charge in [0.2, 0.25) is 0 Å². The van der Waals surface area contributed by atoms with Gasteiger partial charge in [0.25, 0.3) is 0 Å². The second-order valence-electron chi connectivity index (χ2n) is 8.44. The molecule has 1 saturated heterocycles. The van der Waals surface area contributed by atoms with Crippen LogP contribution in [0, 0.1) is 0 Å². The first kappa shape index (κ1) is 21.6. The van der Waals surface area contributed by atoms with Gasteiger partial charge in [0.15, 0.2) is 0 Å². The second-order valence-corrected chi connectivity index (χ2v) is 9.85. The fourth-order valence-corrected chi connectivity index (χ4v) is 5.79. The highest BCUT2D eigenvalue weighted by atomic mass is 32.2. The molecule has 0 radical (unpaired) electrons. The van der Waals surface area contributed by atoms with Crippen LogP contribution in [0.15, 0.2) is 0 Å². The summed E-state index contributed by atoms with van der Waals surface area (Å²) in [6.07, 6.45) is 28.1. The van der Waals surface area contributed by atoms with Crippen molar-refractivity contribution in [2.75, 3.05) is 12.4 Å². The summed E-state index contributed by atoms with van der Waals surface area (Å²) in [6.45, 7) is 1.02. The van der Waals surface area contributed by atoms with E-state index in [1.807, 2.05) is 0 Å². The quantitative estimate of drug-likeness (QED) is 0.271. The molecule has 2 aliphatic rings. The molecule has 148 valence electrons. The van der Waals surface area contributed by atoms with Gasteiger partial charge >= 0.3 is 0 Å². The van der Waals surface area contributed by atoms with Gasteiger partial charge in [-0.15, -0.1) is 0 Å². The van der Waals surface area contributed by atoms with Gasteiger partial charge in [-0.05, 0) is 44.3 Å². The van der Waals surface area contributed by atoms with E-state index in [0.717, 1.165) is 11.9 Å². The van der Waals surface area contributed by atoms with Crippen LogP contribution < -0.4 is 0 Å². The Hall–Kier alpha value is 0.310. The third-order valence-electron chi connectivity index (χ3n) is 6.10. The minimum Gasteiger partial charge on any atom is -0.378 e. The van der Waals surface area contributed by atoms with Crippen molar-refractivity contribution in [2.45, 2.75) is 133 Å². The predicted octanol–water partition coefficient (Wildman–Crippen LogP) is 7.91. The van der Waals surface area contributed by atoms with Crippen LogP contribution in [0.2, 0.25) is 0 Å². The SMILES string of the molecule is C(CCCCCCSC1CCCCC1)CCCCCCC1CCCO1. The molecule has 0 bridgehead atoms. The van der Waals surface area contributed by atoms with Gasteiger partial charge in [0.05, 0.1) is 6.10 Å². The monoisotopic (exact) mass is 368 g/mol. The van der Waals surface area contributed by atoms with E-state index in [4.69, 9.17) is 4.74 Å². The first-order chi connectivity index (χ1) is 12.4. The maximum absolute atomic E-state index is 5.69. The van der Waals surface area contributed by atoms with Crippen LogP contribution in [0.5, 0.6) is 0 Å². The molecule has 2 rings (SSSR count). The smallest absolute Gasteiger partial charge is 0.0576 e. The third kappa shape index (κ3) is 11.6. The number of ether oxygens (including phenoxy) is 1. The van der Waals surface area contributed by atoms with Gasteiger partial charge in [-0.25, -0.2) is 0 Å². The Morgan fingerprint density at radius 2 is 1.20 bits per heavy atom. The van der Waals surface area contributed by atoms with Crippen LogP contribution in [0.4, 0.5) is 0 Å². The summed E-state index contributed by atoms with van der Waals surface area (Å²) in [6, 6.07) is 0. The minimum absolute atomic E-state index is 0.612. The van der Waals surface area contributed by atoms with Crippen molar-refractivity contribution in [3.8, 4) is 0 Å². The molecule has 0 aromatic carbocycles. The fourth-order valence-electron chi connectivity index (χ4n) is 4.42. The molecule has 1 saturated carbocycles. The number of thioether (sulfide) groups is 1. The van der Waals surface area contributed by atoms with E-state index in [1.165, 1.54) is 128 Å². The molecular formula is C23H44OS. The highest BCUT2D eigenvalue weighted by molar-refractivity contribution is 7.99. The Kier molecular flexibility index (Phi) is 13.3. The Morgan fingerprint density at radius 1 is 0.600 bits per heavy atom. The van der Waals surface area contributed by atoms with E-state index in [2.05, 4.69) is 11.8 Å². The minimum atomic E-state index is 0.612. The summed E-state index contributed by atoms with van der Waals surface area (Å²) in [7, 11) is 0. The van der Waals surface area contributed by atoms with Crippen molar-refractivity contribution in [2.24, 2.45) is 0 Å². The van der Waals surface area contributed by atoms with Gasteiger partial charge in [-0.3, -0.25) is 0 Å². The standard InChI is InChI=1S/C23H44OS/c1(2-4-6-8-11-16-22-17-15-20-24-22)3-5-7-9-14-21-25-23-18-12-10-13-19-23/h22-23H,1-21H2. The molecule has 1 nitrogen and oxygen atoms in total. The van der Waals surface area contributed by atoms with Crippen molar-refractivity contribution < 1.29 is 4.74 Å². The van der Waals surface area contributed by atoms with E-state index >= 15 is 0 Å². The van der Waals surface area contributed by atoms with Crippen molar-refractivity contribution in [1.29, 1.82) is 0 Å². The van der Waals surface area contributed by atoms with Gasteiger partial charge in [0, 0.05) is 11.9 Å². The van der Waals surface area contributed by atoms with Crippen LogP contribution in [0.3, 0.4) is 0 Å². The van der Waals surface area contributed by atoms with Crippen molar-refractivity contribution in [1.82, 2.24) is 0 Å². The molecule has 0 aromatic heterocycles. The number of unbranched alkanes of at least 4 members (excludes halogenated alkanes) is 10. The molecule has 0 N–H and O–H groups in total. The molecule has 1 heterocycles. The molecule has 1 aliphatic carbocycles.